The maximum absolute atomic E-state index is 12.8. The number of halogens is 4. The average Bonchev–Trinajstić information content (AvgIpc) is 2.17. The van der Waals surface area contributed by atoms with E-state index < -0.39 is 23.2 Å². The van der Waals surface area contributed by atoms with E-state index in [1.807, 2.05) is 0 Å². The van der Waals surface area contributed by atoms with Crippen LogP contribution >= 0.6 is 0 Å². The normalized spacial score (nSPS) is 18.6. The Morgan fingerprint density at radius 2 is 1.94 bits per heavy atom. The fourth-order valence-electron chi connectivity index (χ4n) is 1.63. The molecule has 1 heterocycles. The smallest absolute Gasteiger partial charge is 0.420 e. The number of hydrogen-bond donors (Lipinski definition) is 1. The van der Waals surface area contributed by atoms with Crippen LogP contribution in [0, 0.1) is 5.82 Å². The van der Waals surface area contributed by atoms with Crippen LogP contribution in [0.5, 0.6) is 5.75 Å². The van der Waals surface area contributed by atoms with Gasteiger partial charge in [-0.1, -0.05) is 0 Å². The summed E-state index contributed by atoms with van der Waals surface area (Å²) < 4.78 is 56.1. The molecule has 0 aromatic heterocycles. The highest BCUT2D eigenvalue weighted by atomic mass is 19.4. The van der Waals surface area contributed by atoms with Crippen LogP contribution in [0.15, 0.2) is 18.2 Å². The van der Waals surface area contributed by atoms with E-state index in [-0.39, 0.29) is 5.75 Å². The molecule has 1 saturated heterocycles. The van der Waals surface area contributed by atoms with E-state index in [4.69, 9.17) is 4.74 Å². The maximum Gasteiger partial charge on any atom is 0.420 e. The Balaban J connectivity index is 2.33. The van der Waals surface area contributed by atoms with Crippen LogP contribution in [0.25, 0.3) is 0 Å². The summed E-state index contributed by atoms with van der Waals surface area (Å²) in [7, 11) is 0. The number of nitrogens with one attached hydrogen (secondary N) is 1. The molecule has 2 nitrogen and oxygen atoms in total. The van der Waals surface area contributed by atoms with Gasteiger partial charge in [0.25, 0.3) is 0 Å². The standard InChI is InChI=1S/C11H11F4NO/c1-10(5-16-6-10)17-9-3-2-7(12)4-8(9)11(13,14)15/h2-4,16H,5-6H2,1H3. The third-order valence-electron chi connectivity index (χ3n) is 2.60. The summed E-state index contributed by atoms with van der Waals surface area (Å²) >= 11 is 0. The molecule has 17 heavy (non-hydrogen) atoms. The van der Waals surface area contributed by atoms with Crippen molar-refractivity contribution in [2.24, 2.45) is 0 Å². The molecule has 0 atom stereocenters. The van der Waals surface area contributed by atoms with E-state index in [1.165, 1.54) is 0 Å². The molecule has 1 aromatic carbocycles. The van der Waals surface area contributed by atoms with Crippen molar-refractivity contribution >= 4 is 0 Å². The lowest BCUT2D eigenvalue weighted by Crippen LogP contribution is -2.61. The van der Waals surface area contributed by atoms with Crippen LogP contribution in [0.1, 0.15) is 12.5 Å². The lowest BCUT2D eigenvalue weighted by atomic mass is 9.99. The van der Waals surface area contributed by atoms with Crippen molar-refractivity contribution in [1.29, 1.82) is 0 Å². The molecule has 0 unspecified atom stereocenters. The summed E-state index contributed by atoms with van der Waals surface area (Å²) in [6.45, 7) is 2.65. The van der Waals surface area contributed by atoms with Gasteiger partial charge in [-0.05, 0) is 25.1 Å². The zero-order chi connectivity index (χ0) is 12.7. The van der Waals surface area contributed by atoms with E-state index in [0.717, 1.165) is 12.1 Å². The third-order valence-corrected chi connectivity index (χ3v) is 2.60. The predicted molar refractivity (Wildman–Crippen MR) is 53.3 cm³/mol. The summed E-state index contributed by atoms with van der Waals surface area (Å²) in [4.78, 5) is 0. The number of benzene rings is 1. The molecule has 1 aliphatic heterocycles. The zero-order valence-electron chi connectivity index (χ0n) is 9.07. The predicted octanol–water partition coefficient (Wildman–Crippen LogP) is 2.59. The van der Waals surface area contributed by atoms with Gasteiger partial charge >= 0.3 is 6.18 Å². The molecule has 0 spiro atoms. The number of hydrogen-bond acceptors (Lipinski definition) is 2. The third kappa shape index (κ3) is 2.52. The molecule has 1 fully saturated rings. The summed E-state index contributed by atoms with van der Waals surface area (Å²) in [5.74, 6) is -1.26. The molecule has 2 rings (SSSR count). The van der Waals surface area contributed by atoms with Gasteiger partial charge in [-0.25, -0.2) is 4.39 Å². The van der Waals surface area contributed by atoms with Gasteiger partial charge in [-0.2, -0.15) is 13.2 Å². The highest BCUT2D eigenvalue weighted by molar-refractivity contribution is 5.37. The summed E-state index contributed by atoms with van der Waals surface area (Å²) in [6, 6.07) is 2.42. The van der Waals surface area contributed by atoms with Crippen LogP contribution in [-0.4, -0.2) is 18.7 Å². The molecule has 1 aliphatic rings. The molecule has 0 radical (unpaired) electrons. The highest BCUT2D eigenvalue weighted by Crippen LogP contribution is 2.38. The van der Waals surface area contributed by atoms with E-state index in [9.17, 15) is 17.6 Å². The van der Waals surface area contributed by atoms with Gasteiger partial charge in [0.2, 0.25) is 0 Å². The maximum atomic E-state index is 12.8. The second-order valence-corrected chi connectivity index (χ2v) is 4.29. The van der Waals surface area contributed by atoms with Crippen molar-refractivity contribution < 1.29 is 22.3 Å². The topological polar surface area (TPSA) is 21.3 Å². The minimum absolute atomic E-state index is 0.331. The van der Waals surface area contributed by atoms with Gasteiger partial charge in [0.05, 0.1) is 0 Å². The minimum Gasteiger partial charge on any atom is -0.484 e. The first-order chi connectivity index (χ1) is 7.80. The number of alkyl halides is 3. The van der Waals surface area contributed by atoms with Gasteiger partial charge in [-0.3, -0.25) is 0 Å². The van der Waals surface area contributed by atoms with Crippen LogP contribution in [0.4, 0.5) is 17.6 Å². The first-order valence-corrected chi connectivity index (χ1v) is 5.07. The summed E-state index contributed by atoms with van der Waals surface area (Å²) in [6.07, 6.45) is -4.62. The van der Waals surface area contributed by atoms with Crippen molar-refractivity contribution in [3.05, 3.63) is 29.6 Å². The minimum atomic E-state index is -4.62. The van der Waals surface area contributed by atoms with E-state index >= 15 is 0 Å². The fraction of sp³-hybridized carbons (Fsp3) is 0.455. The molecule has 1 aromatic rings. The Hall–Kier alpha value is -1.30. The van der Waals surface area contributed by atoms with Gasteiger partial charge in [-0.15, -0.1) is 0 Å². The summed E-state index contributed by atoms with van der Waals surface area (Å²) in [5, 5.41) is 2.91. The van der Waals surface area contributed by atoms with E-state index in [1.54, 1.807) is 6.92 Å². The Labute approximate surface area is 95.6 Å². The van der Waals surface area contributed by atoms with E-state index in [2.05, 4.69) is 5.32 Å². The van der Waals surface area contributed by atoms with Crippen LogP contribution in [-0.2, 0) is 6.18 Å². The van der Waals surface area contributed by atoms with Crippen LogP contribution in [0.3, 0.4) is 0 Å². The fourth-order valence-corrected chi connectivity index (χ4v) is 1.63. The van der Waals surface area contributed by atoms with Gasteiger partial charge < -0.3 is 10.1 Å². The van der Waals surface area contributed by atoms with Crippen LogP contribution in [0.2, 0.25) is 0 Å². The van der Waals surface area contributed by atoms with Crippen molar-refractivity contribution in [3.63, 3.8) is 0 Å². The van der Waals surface area contributed by atoms with E-state index in [0.29, 0.717) is 19.2 Å². The van der Waals surface area contributed by atoms with Crippen molar-refractivity contribution in [2.45, 2.75) is 18.7 Å². The molecular formula is C11H11F4NO. The monoisotopic (exact) mass is 249 g/mol. The quantitative estimate of drug-likeness (QED) is 0.813. The van der Waals surface area contributed by atoms with Crippen LogP contribution < -0.4 is 10.1 Å². The molecule has 0 amide bonds. The second-order valence-electron chi connectivity index (χ2n) is 4.29. The Morgan fingerprint density at radius 3 is 2.41 bits per heavy atom. The Bertz CT molecular complexity index is 426. The van der Waals surface area contributed by atoms with Gasteiger partial charge in [0, 0.05) is 13.1 Å². The summed E-state index contributed by atoms with van der Waals surface area (Å²) in [5.41, 5.74) is -1.73. The first kappa shape index (κ1) is 12.2. The molecule has 0 bridgehead atoms. The van der Waals surface area contributed by atoms with Crippen molar-refractivity contribution in [3.8, 4) is 5.75 Å². The molecular weight excluding hydrogens is 238 g/mol. The van der Waals surface area contributed by atoms with Crippen molar-refractivity contribution in [1.82, 2.24) is 5.32 Å². The van der Waals surface area contributed by atoms with Gasteiger partial charge in [0.1, 0.15) is 22.7 Å². The molecule has 6 heteroatoms. The largest absolute Gasteiger partial charge is 0.484 e. The van der Waals surface area contributed by atoms with Gasteiger partial charge in [0.15, 0.2) is 0 Å². The molecule has 1 N–H and O–H groups in total. The first-order valence-electron chi connectivity index (χ1n) is 5.07. The molecule has 94 valence electrons. The lowest BCUT2D eigenvalue weighted by molar-refractivity contribution is -0.140. The SMILES string of the molecule is CC1(Oc2ccc(F)cc2C(F)(F)F)CNC1. The Kier molecular flexibility index (Phi) is 2.77. The highest BCUT2D eigenvalue weighted by Gasteiger charge is 2.39. The number of rotatable bonds is 2. The zero-order valence-corrected chi connectivity index (χ0v) is 9.07. The van der Waals surface area contributed by atoms with Crippen molar-refractivity contribution in [2.75, 3.05) is 13.1 Å². The second kappa shape index (κ2) is 3.87. The molecule has 0 aliphatic carbocycles. The number of ether oxygens (including phenoxy) is 1. The average molecular weight is 249 g/mol. The molecule has 0 saturated carbocycles. The lowest BCUT2D eigenvalue weighted by Gasteiger charge is -2.39. The Morgan fingerprint density at radius 1 is 1.29 bits per heavy atom.